The number of aromatic nitrogens is 2. The maximum atomic E-state index is 10.0. The van der Waals surface area contributed by atoms with Crippen LogP contribution in [0.25, 0.3) is 11.0 Å². The first-order valence-electron chi connectivity index (χ1n) is 11.5. The molecular formula is C26H28N4O4. The van der Waals surface area contributed by atoms with Crippen LogP contribution in [0.3, 0.4) is 0 Å². The van der Waals surface area contributed by atoms with E-state index in [-0.39, 0.29) is 5.41 Å². The van der Waals surface area contributed by atoms with E-state index in [1.807, 2.05) is 30.3 Å². The number of fused-ring (bicyclic) bond motifs is 1. The van der Waals surface area contributed by atoms with Crippen LogP contribution >= 0.6 is 0 Å². The predicted octanol–water partition coefficient (Wildman–Crippen LogP) is 3.35. The van der Waals surface area contributed by atoms with E-state index < -0.39 is 0 Å². The number of hydrogen-bond acceptors (Lipinski definition) is 8. The van der Waals surface area contributed by atoms with Gasteiger partial charge in [-0.3, -0.25) is 4.98 Å². The summed E-state index contributed by atoms with van der Waals surface area (Å²) in [6, 6.07) is 12.2. The quantitative estimate of drug-likeness (QED) is 0.530. The molecule has 3 heterocycles. The van der Waals surface area contributed by atoms with Gasteiger partial charge < -0.3 is 23.8 Å². The van der Waals surface area contributed by atoms with E-state index in [4.69, 9.17) is 23.9 Å². The lowest BCUT2D eigenvalue weighted by Crippen LogP contribution is -2.44. The number of nitrogens with zero attached hydrogens (tertiary/aromatic N) is 4. The van der Waals surface area contributed by atoms with Crippen LogP contribution < -0.4 is 14.4 Å². The van der Waals surface area contributed by atoms with E-state index >= 15 is 0 Å². The Morgan fingerprint density at radius 3 is 2.65 bits per heavy atom. The lowest BCUT2D eigenvalue weighted by molar-refractivity contribution is -0.120. The fourth-order valence-corrected chi connectivity index (χ4v) is 4.27. The Morgan fingerprint density at radius 1 is 1.12 bits per heavy atom. The van der Waals surface area contributed by atoms with Gasteiger partial charge in [0.25, 0.3) is 0 Å². The number of rotatable bonds is 7. The van der Waals surface area contributed by atoms with Crippen LogP contribution in [0, 0.1) is 16.7 Å². The molecule has 2 aliphatic heterocycles. The molecule has 0 atom stereocenters. The summed E-state index contributed by atoms with van der Waals surface area (Å²) in [7, 11) is 1.64. The molecule has 1 aromatic heterocycles. The summed E-state index contributed by atoms with van der Waals surface area (Å²) in [4.78, 5) is 11.5. The maximum absolute atomic E-state index is 10.0. The van der Waals surface area contributed by atoms with E-state index in [0.717, 1.165) is 30.0 Å². The molecule has 8 nitrogen and oxygen atoms in total. The molecule has 34 heavy (non-hydrogen) atoms. The largest absolute Gasteiger partial charge is 0.493 e. The average molecular weight is 461 g/mol. The molecule has 0 amide bonds. The van der Waals surface area contributed by atoms with Crippen LogP contribution in [0.2, 0.25) is 0 Å². The number of methoxy groups -OCH3 is 1. The molecule has 0 saturated carbocycles. The highest BCUT2D eigenvalue weighted by Gasteiger charge is 2.34. The van der Waals surface area contributed by atoms with Crippen LogP contribution in [-0.2, 0) is 15.9 Å². The number of nitriles is 1. The average Bonchev–Trinajstić information content (AvgIpc) is 2.86. The van der Waals surface area contributed by atoms with Crippen molar-refractivity contribution >= 4 is 16.9 Å². The molecule has 0 unspecified atom stereocenters. The summed E-state index contributed by atoms with van der Waals surface area (Å²) < 4.78 is 22.4. The summed E-state index contributed by atoms with van der Waals surface area (Å²) in [5.74, 6) is 2.16. The van der Waals surface area contributed by atoms with Gasteiger partial charge in [0, 0.05) is 18.5 Å². The van der Waals surface area contributed by atoms with Crippen molar-refractivity contribution in [3.63, 3.8) is 0 Å². The Kier molecular flexibility index (Phi) is 6.22. The zero-order valence-corrected chi connectivity index (χ0v) is 19.5. The molecule has 176 valence electrons. The SMILES string of the molecule is COc1cc(Cc2ccc3ncc(N4CCOCC4)nc3c2C#N)ccc1OCC1(C)COC1. The third-order valence-electron chi connectivity index (χ3n) is 6.34. The van der Waals surface area contributed by atoms with Gasteiger partial charge in [-0.15, -0.1) is 0 Å². The standard InChI is InChI=1S/C26H28N4O4/c1-26(15-33-16-26)17-34-22-6-3-18(12-23(22)31-2)11-19-4-5-21-25(20(19)13-27)29-24(14-28-21)30-7-9-32-10-8-30/h3-6,12,14H,7-11,15-17H2,1-2H3. The zero-order valence-electron chi connectivity index (χ0n) is 19.5. The highest BCUT2D eigenvalue weighted by Crippen LogP contribution is 2.33. The van der Waals surface area contributed by atoms with Crippen molar-refractivity contribution in [2.24, 2.45) is 5.41 Å². The molecule has 3 aromatic rings. The Labute approximate surface area is 199 Å². The van der Waals surface area contributed by atoms with Gasteiger partial charge in [0.05, 0.1) is 57.4 Å². The summed E-state index contributed by atoms with van der Waals surface area (Å²) in [5, 5.41) is 10.0. The molecule has 0 aliphatic carbocycles. The van der Waals surface area contributed by atoms with E-state index in [1.54, 1.807) is 13.3 Å². The zero-order chi connectivity index (χ0) is 23.5. The Balaban J connectivity index is 1.40. The second-order valence-electron chi connectivity index (χ2n) is 9.16. The van der Waals surface area contributed by atoms with Gasteiger partial charge in [0.1, 0.15) is 17.4 Å². The van der Waals surface area contributed by atoms with Crippen molar-refractivity contribution in [1.29, 1.82) is 5.26 Å². The Morgan fingerprint density at radius 2 is 1.94 bits per heavy atom. The minimum Gasteiger partial charge on any atom is -0.493 e. The minimum absolute atomic E-state index is 0.0532. The van der Waals surface area contributed by atoms with Crippen LogP contribution in [0.4, 0.5) is 5.82 Å². The van der Waals surface area contributed by atoms with Gasteiger partial charge in [-0.25, -0.2) is 4.98 Å². The van der Waals surface area contributed by atoms with E-state index in [1.165, 1.54) is 0 Å². The van der Waals surface area contributed by atoms with E-state index in [2.05, 4.69) is 22.9 Å². The van der Waals surface area contributed by atoms with Gasteiger partial charge in [-0.05, 0) is 35.7 Å². The molecule has 2 aliphatic rings. The molecule has 8 heteroatoms. The molecular weight excluding hydrogens is 432 g/mol. The Hall–Kier alpha value is -3.41. The maximum Gasteiger partial charge on any atom is 0.161 e. The predicted molar refractivity (Wildman–Crippen MR) is 128 cm³/mol. The van der Waals surface area contributed by atoms with E-state index in [9.17, 15) is 5.26 Å². The van der Waals surface area contributed by atoms with Gasteiger partial charge in [0.2, 0.25) is 0 Å². The second kappa shape index (κ2) is 9.45. The van der Waals surface area contributed by atoms with Crippen molar-refractivity contribution in [1.82, 2.24) is 9.97 Å². The normalized spacial score (nSPS) is 17.1. The number of ether oxygens (including phenoxy) is 4. The summed E-state index contributed by atoms with van der Waals surface area (Å²) in [5.41, 5.74) is 3.88. The van der Waals surface area contributed by atoms with Crippen LogP contribution in [0.5, 0.6) is 11.5 Å². The van der Waals surface area contributed by atoms with E-state index in [0.29, 0.717) is 67.6 Å². The lowest BCUT2D eigenvalue weighted by Gasteiger charge is -2.37. The van der Waals surface area contributed by atoms with Gasteiger partial charge in [-0.2, -0.15) is 5.26 Å². The molecule has 2 fully saturated rings. The first kappa shape index (κ1) is 22.4. The van der Waals surface area contributed by atoms with Crippen molar-refractivity contribution in [3.05, 3.63) is 53.2 Å². The number of morpholine rings is 1. The van der Waals surface area contributed by atoms with Crippen LogP contribution in [-0.4, -0.2) is 63.2 Å². The van der Waals surface area contributed by atoms with Gasteiger partial charge in [-0.1, -0.05) is 19.1 Å². The van der Waals surface area contributed by atoms with Crippen molar-refractivity contribution in [2.75, 3.05) is 58.1 Å². The molecule has 2 saturated heterocycles. The summed E-state index contributed by atoms with van der Waals surface area (Å²) in [6.45, 7) is 7.01. The van der Waals surface area contributed by atoms with Crippen molar-refractivity contribution in [3.8, 4) is 17.6 Å². The summed E-state index contributed by atoms with van der Waals surface area (Å²) >= 11 is 0. The highest BCUT2D eigenvalue weighted by atomic mass is 16.5. The monoisotopic (exact) mass is 460 g/mol. The fourth-order valence-electron chi connectivity index (χ4n) is 4.27. The lowest BCUT2D eigenvalue weighted by atomic mass is 9.90. The third-order valence-corrected chi connectivity index (χ3v) is 6.34. The minimum atomic E-state index is 0.0532. The number of anilines is 1. The summed E-state index contributed by atoms with van der Waals surface area (Å²) in [6.07, 6.45) is 2.35. The first-order chi connectivity index (χ1) is 16.6. The van der Waals surface area contributed by atoms with Gasteiger partial charge in [0.15, 0.2) is 11.5 Å². The molecule has 2 aromatic carbocycles. The second-order valence-corrected chi connectivity index (χ2v) is 9.16. The molecule has 5 rings (SSSR count). The van der Waals surface area contributed by atoms with Gasteiger partial charge >= 0.3 is 0 Å². The molecule has 0 bridgehead atoms. The third kappa shape index (κ3) is 4.49. The van der Waals surface area contributed by atoms with Crippen molar-refractivity contribution < 1.29 is 18.9 Å². The molecule has 0 spiro atoms. The van der Waals surface area contributed by atoms with Crippen LogP contribution in [0.1, 0.15) is 23.6 Å². The molecule has 0 radical (unpaired) electrons. The smallest absolute Gasteiger partial charge is 0.161 e. The number of benzene rings is 2. The first-order valence-corrected chi connectivity index (χ1v) is 11.5. The van der Waals surface area contributed by atoms with Crippen LogP contribution in [0.15, 0.2) is 36.5 Å². The Bertz CT molecular complexity index is 1230. The number of hydrogen-bond donors (Lipinski definition) is 0. The van der Waals surface area contributed by atoms with Crippen molar-refractivity contribution in [2.45, 2.75) is 13.3 Å². The fraction of sp³-hybridized carbons (Fsp3) is 0.423. The highest BCUT2D eigenvalue weighted by molar-refractivity contribution is 5.83. The topological polar surface area (TPSA) is 89.7 Å². The molecule has 0 N–H and O–H groups in total.